The number of H-pyrrole nitrogens is 2. The van der Waals surface area contributed by atoms with Crippen LogP contribution in [0, 0.1) is 0 Å². The van der Waals surface area contributed by atoms with E-state index in [1.54, 1.807) is 0 Å². The highest BCUT2D eigenvalue weighted by atomic mass is 16.5. The Labute approximate surface area is 108 Å². The van der Waals surface area contributed by atoms with Gasteiger partial charge in [0, 0.05) is 0 Å². The van der Waals surface area contributed by atoms with E-state index >= 15 is 0 Å². The van der Waals surface area contributed by atoms with Crippen molar-refractivity contribution in [3.8, 4) is 0 Å². The van der Waals surface area contributed by atoms with Gasteiger partial charge in [-0.3, -0.25) is 4.79 Å². The number of carbonyl (C=O) groups is 1. The minimum absolute atomic E-state index is 0.237. The van der Waals surface area contributed by atoms with Gasteiger partial charge in [0.15, 0.2) is 0 Å². The van der Waals surface area contributed by atoms with Crippen LogP contribution < -0.4 is 5.69 Å². The minimum atomic E-state index is -0.338. The summed E-state index contributed by atoms with van der Waals surface area (Å²) in [6, 6.07) is 5.64. The molecule has 2 N–H and O–H groups in total. The molecule has 19 heavy (non-hydrogen) atoms. The monoisotopic (exact) mass is 262 g/mol. The molecule has 0 unspecified atom stereocenters. The maximum Gasteiger partial charge on any atom is 0.323 e. The summed E-state index contributed by atoms with van der Waals surface area (Å²) in [7, 11) is 1.38. The number of carbonyl (C=O) groups excluding carboxylic acids is 1. The normalized spacial score (nSPS) is 17.1. The molecular weight excluding hydrogens is 248 g/mol. The number of hydrogen-bond acceptors (Lipinski definition) is 4. The molecule has 0 atom stereocenters. The zero-order chi connectivity index (χ0) is 13.5. The van der Waals surface area contributed by atoms with Crippen molar-refractivity contribution in [2.45, 2.75) is 11.8 Å². The van der Waals surface area contributed by atoms with Crippen LogP contribution >= 0.6 is 0 Å². The van der Waals surface area contributed by atoms with E-state index in [0.29, 0.717) is 13.2 Å². The number of nitrogens with one attached hydrogen (secondary N) is 2. The second kappa shape index (κ2) is 4.24. The molecule has 2 heterocycles. The van der Waals surface area contributed by atoms with E-state index in [1.807, 2.05) is 18.2 Å². The summed E-state index contributed by atoms with van der Waals surface area (Å²) in [4.78, 5) is 28.2. The lowest BCUT2D eigenvalue weighted by Gasteiger charge is -2.41. The van der Waals surface area contributed by atoms with Gasteiger partial charge < -0.3 is 19.4 Å². The summed E-state index contributed by atoms with van der Waals surface area (Å²) in [5.41, 5.74) is 1.89. The number of hydrogen-bond donors (Lipinski definition) is 2. The summed E-state index contributed by atoms with van der Waals surface area (Å²) in [5, 5.41) is 0. The molecular formula is C13H14N2O4. The average molecular weight is 262 g/mol. The van der Waals surface area contributed by atoms with Crippen LogP contribution in [0.1, 0.15) is 12.0 Å². The maximum atomic E-state index is 11.5. The van der Waals surface area contributed by atoms with Crippen LogP contribution in [0.3, 0.4) is 0 Å². The first kappa shape index (κ1) is 12.0. The fourth-order valence-corrected chi connectivity index (χ4v) is 2.43. The largest absolute Gasteiger partial charge is 0.469 e. The van der Waals surface area contributed by atoms with Gasteiger partial charge in [-0.1, -0.05) is 6.07 Å². The first-order valence-electron chi connectivity index (χ1n) is 6.00. The van der Waals surface area contributed by atoms with Crippen molar-refractivity contribution < 1.29 is 14.3 Å². The zero-order valence-corrected chi connectivity index (χ0v) is 10.5. The van der Waals surface area contributed by atoms with E-state index in [9.17, 15) is 9.59 Å². The number of imidazole rings is 1. The third-order valence-electron chi connectivity index (χ3n) is 3.60. The van der Waals surface area contributed by atoms with Crippen molar-refractivity contribution >= 4 is 17.0 Å². The second-order valence-corrected chi connectivity index (χ2v) is 4.87. The van der Waals surface area contributed by atoms with Gasteiger partial charge in [-0.15, -0.1) is 0 Å². The molecule has 0 spiro atoms. The van der Waals surface area contributed by atoms with E-state index in [-0.39, 0.29) is 23.5 Å². The Morgan fingerprint density at radius 1 is 1.37 bits per heavy atom. The van der Waals surface area contributed by atoms with Gasteiger partial charge in [-0.05, 0) is 17.7 Å². The van der Waals surface area contributed by atoms with Crippen LogP contribution in [0.4, 0.5) is 0 Å². The van der Waals surface area contributed by atoms with E-state index in [1.165, 1.54) is 7.11 Å². The van der Waals surface area contributed by atoms with Crippen molar-refractivity contribution in [1.82, 2.24) is 9.97 Å². The number of rotatable bonds is 3. The SMILES string of the molecule is COC(=O)CC1(c2ccc3[nH]c(=O)[nH]c3c2)COC1. The van der Waals surface area contributed by atoms with Crippen LogP contribution in [0.15, 0.2) is 23.0 Å². The van der Waals surface area contributed by atoms with Crippen molar-refractivity contribution in [3.05, 3.63) is 34.2 Å². The van der Waals surface area contributed by atoms with Crippen molar-refractivity contribution in [3.63, 3.8) is 0 Å². The highest BCUT2D eigenvalue weighted by Crippen LogP contribution is 2.36. The third kappa shape index (κ3) is 1.94. The van der Waals surface area contributed by atoms with Gasteiger partial charge in [-0.25, -0.2) is 4.79 Å². The maximum absolute atomic E-state index is 11.5. The standard InChI is InChI=1S/C13H14N2O4/c1-18-11(16)5-13(6-19-7-13)8-2-3-9-10(4-8)15-12(17)14-9/h2-4H,5-7H2,1H3,(H2,14,15,17). The average Bonchev–Trinajstić information content (AvgIpc) is 2.72. The number of methoxy groups -OCH3 is 1. The van der Waals surface area contributed by atoms with E-state index < -0.39 is 0 Å². The van der Waals surface area contributed by atoms with Crippen molar-refractivity contribution in [2.24, 2.45) is 0 Å². The van der Waals surface area contributed by atoms with Crippen LogP contribution in [0.5, 0.6) is 0 Å². The van der Waals surface area contributed by atoms with Crippen LogP contribution in [0.2, 0.25) is 0 Å². The highest BCUT2D eigenvalue weighted by Gasteiger charge is 2.42. The predicted octanol–water partition coefficient (Wildman–Crippen LogP) is 0.687. The Hall–Kier alpha value is -2.08. The molecule has 1 aromatic carbocycles. The van der Waals surface area contributed by atoms with Gasteiger partial charge in [0.25, 0.3) is 0 Å². The lowest BCUT2D eigenvalue weighted by Crippen LogP contribution is -2.48. The van der Waals surface area contributed by atoms with Crippen LogP contribution in [-0.2, 0) is 19.7 Å². The lowest BCUT2D eigenvalue weighted by atomic mass is 9.76. The number of ether oxygens (including phenoxy) is 2. The highest BCUT2D eigenvalue weighted by molar-refractivity contribution is 5.77. The number of benzene rings is 1. The van der Waals surface area contributed by atoms with Crippen LogP contribution in [-0.4, -0.2) is 36.3 Å². The molecule has 3 rings (SSSR count). The van der Waals surface area contributed by atoms with Crippen molar-refractivity contribution in [2.75, 3.05) is 20.3 Å². The molecule has 1 saturated heterocycles. The Bertz CT molecular complexity index is 681. The topological polar surface area (TPSA) is 84.2 Å². The molecule has 1 aliphatic heterocycles. The molecule has 1 aliphatic rings. The summed E-state index contributed by atoms with van der Waals surface area (Å²) in [6.07, 6.45) is 0.281. The Morgan fingerprint density at radius 2 is 2.11 bits per heavy atom. The number of aromatic nitrogens is 2. The molecule has 0 aliphatic carbocycles. The first-order valence-corrected chi connectivity index (χ1v) is 6.00. The Kier molecular flexibility index (Phi) is 2.67. The van der Waals surface area contributed by atoms with Crippen molar-refractivity contribution in [1.29, 1.82) is 0 Å². The fraction of sp³-hybridized carbons (Fsp3) is 0.385. The summed E-state index contributed by atoms with van der Waals surface area (Å²) >= 11 is 0. The number of aromatic amines is 2. The fourth-order valence-electron chi connectivity index (χ4n) is 2.43. The molecule has 0 amide bonds. The molecule has 2 aromatic rings. The van der Waals surface area contributed by atoms with Gasteiger partial charge in [0.1, 0.15) is 0 Å². The van der Waals surface area contributed by atoms with Crippen LogP contribution in [0.25, 0.3) is 11.0 Å². The molecule has 6 heteroatoms. The minimum Gasteiger partial charge on any atom is -0.469 e. The van der Waals surface area contributed by atoms with Gasteiger partial charge in [-0.2, -0.15) is 0 Å². The molecule has 0 radical (unpaired) electrons. The van der Waals surface area contributed by atoms with E-state index in [0.717, 1.165) is 16.6 Å². The second-order valence-electron chi connectivity index (χ2n) is 4.87. The Morgan fingerprint density at radius 3 is 2.74 bits per heavy atom. The summed E-state index contributed by atoms with van der Waals surface area (Å²) in [5.74, 6) is -0.258. The lowest BCUT2D eigenvalue weighted by molar-refractivity contribution is -0.148. The van der Waals surface area contributed by atoms with E-state index in [4.69, 9.17) is 9.47 Å². The molecule has 1 fully saturated rings. The molecule has 1 aromatic heterocycles. The van der Waals surface area contributed by atoms with Gasteiger partial charge in [0.2, 0.25) is 0 Å². The number of esters is 1. The van der Waals surface area contributed by atoms with Gasteiger partial charge >= 0.3 is 11.7 Å². The predicted molar refractivity (Wildman–Crippen MR) is 68.0 cm³/mol. The smallest absolute Gasteiger partial charge is 0.323 e. The summed E-state index contributed by atoms with van der Waals surface area (Å²) in [6.45, 7) is 0.977. The zero-order valence-electron chi connectivity index (χ0n) is 10.5. The quantitative estimate of drug-likeness (QED) is 0.797. The molecule has 0 saturated carbocycles. The Balaban J connectivity index is 2.01. The first-order chi connectivity index (χ1) is 9.13. The molecule has 0 bridgehead atoms. The third-order valence-corrected chi connectivity index (χ3v) is 3.60. The molecule has 6 nitrogen and oxygen atoms in total. The van der Waals surface area contributed by atoms with Gasteiger partial charge in [0.05, 0.1) is 43.2 Å². The molecule has 100 valence electrons. The van der Waals surface area contributed by atoms with E-state index in [2.05, 4.69) is 9.97 Å². The summed E-state index contributed by atoms with van der Waals surface area (Å²) < 4.78 is 10.0. The number of fused-ring (bicyclic) bond motifs is 1.